The number of methoxy groups -OCH3 is 3. The number of carbonyl (C=O) groups excluding carboxylic acids is 1. The number of ether oxygens (including phenoxy) is 3. The predicted octanol–water partition coefficient (Wildman–Crippen LogP) is 1.69. The van der Waals surface area contributed by atoms with Crippen molar-refractivity contribution < 1.29 is 19.0 Å². The van der Waals surface area contributed by atoms with Crippen LogP contribution in [0.3, 0.4) is 0 Å². The molecule has 1 aromatic heterocycles. The first-order valence-corrected chi connectivity index (χ1v) is 8.78. The van der Waals surface area contributed by atoms with Crippen LogP contribution in [-0.2, 0) is 4.79 Å². The summed E-state index contributed by atoms with van der Waals surface area (Å²) in [6, 6.07) is 3.43. The second-order valence-electron chi connectivity index (χ2n) is 6.64. The molecule has 2 aromatic rings. The van der Waals surface area contributed by atoms with E-state index in [9.17, 15) is 9.59 Å². The molecule has 0 aliphatic rings. The van der Waals surface area contributed by atoms with E-state index in [1.54, 1.807) is 32.4 Å². The van der Waals surface area contributed by atoms with E-state index in [2.05, 4.69) is 4.98 Å². The molecule has 1 heterocycles. The summed E-state index contributed by atoms with van der Waals surface area (Å²) in [5.74, 6) is 1.56. The molecule has 0 atom stereocenters. The molecule has 0 saturated heterocycles. The average Bonchev–Trinajstić information content (AvgIpc) is 2.92. The maximum absolute atomic E-state index is 12.2. The fraction of sp³-hybridized carbons (Fsp3) is 0.368. The molecule has 7 heteroatoms. The zero-order valence-corrected chi connectivity index (χ0v) is 16.6. The molecule has 0 amide bonds. The molecule has 0 fully saturated rings. The topological polar surface area (TPSA) is 77.6 Å². The number of benzene rings is 1. The van der Waals surface area contributed by atoms with Gasteiger partial charge in [0.2, 0.25) is 0 Å². The molecule has 1 aromatic carbocycles. The lowest BCUT2D eigenvalue weighted by Gasteiger charge is -2.12. The van der Waals surface area contributed by atoms with E-state index in [0.717, 1.165) is 0 Å². The molecule has 0 saturated carbocycles. The summed E-state index contributed by atoms with van der Waals surface area (Å²) >= 11 is 1.21. The molecule has 0 bridgehead atoms. The minimum Gasteiger partial charge on any atom is -0.496 e. The minimum absolute atomic E-state index is 0.0507. The Kier molecular flexibility index (Phi) is 5.92. The van der Waals surface area contributed by atoms with Crippen molar-refractivity contribution >= 4 is 29.3 Å². The van der Waals surface area contributed by atoms with Crippen LogP contribution in [0.15, 0.2) is 16.9 Å². The predicted molar refractivity (Wildman–Crippen MR) is 103 cm³/mol. The van der Waals surface area contributed by atoms with Gasteiger partial charge in [-0.2, -0.15) is 0 Å². The van der Waals surface area contributed by atoms with Gasteiger partial charge in [-0.05, 0) is 12.1 Å². The first-order chi connectivity index (χ1) is 12.2. The summed E-state index contributed by atoms with van der Waals surface area (Å²) in [6.45, 7) is 5.50. The van der Waals surface area contributed by atoms with Crippen LogP contribution in [0, 0.1) is 5.41 Å². The molecule has 140 valence electrons. The Labute approximate surface area is 155 Å². The highest BCUT2D eigenvalue weighted by molar-refractivity contribution is 7.07. The summed E-state index contributed by atoms with van der Waals surface area (Å²) in [6.07, 6.45) is 3.17. The first kappa shape index (κ1) is 19.8. The second kappa shape index (κ2) is 7.78. The van der Waals surface area contributed by atoms with Gasteiger partial charge in [0.05, 0.1) is 30.5 Å². The lowest BCUT2D eigenvalue weighted by atomic mass is 9.91. The third-order valence-corrected chi connectivity index (χ3v) is 4.67. The molecule has 1 N–H and O–H groups in total. The lowest BCUT2D eigenvalue weighted by molar-refractivity contribution is -0.119. The maximum Gasteiger partial charge on any atom is 0.266 e. The van der Waals surface area contributed by atoms with E-state index in [-0.39, 0.29) is 11.3 Å². The Hall–Kier alpha value is -2.54. The standard InChI is InChI=1S/C19H23NO5S/c1-19(2,3)16(21)10-17-20-18(22)15(26-17)8-11-7-13(24-5)14(25-6)9-12(11)23-4/h7-10H,1-6H3,(H,20,22)/b15-8+,17-10+. The van der Waals surface area contributed by atoms with Gasteiger partial charge in [-0.1, -0.05) is 20.8 Å². The monoisotopic (exact) mass is 377 g/mol. The quantitative estimate of drug-likeness (QED) is 0.858. The Bertz CT molecular complexity index is 979. The SMILES string of the molecule is COc1cc(OC)c(OC)cc1/C=c1/s/c(=C/C(=O)C(C)(C)C)[nH]c1=O. The summed E-state index contributed by atoms with van der Waals surface area (Å²) in [5, 5.41) is 0. The molecular formula is C19H23NO5S. The third-order valence-electron chi connectivity index (χ3n) is 3.70. The third kappa shape index (κ3) is 4.35. The van der Waals surface area contributed by atoms with Crippen LogP contribution in [0.5, 0.6) is 17.2 Å². The van der Waals surface area contributed by atoms with Gasteiger partial charge in [-0.3, -0.25) is 9.59 Å². The molecule has 0 unspecified atom stereocenters. The average molecular weight is 377 g/mol. The molecule has 0 aliphatic heterocycles. The Morgan fingerprint density at radius 1 is 1.04 bits per heavy atom. The maximum atomic E-state index is 12.2. The summed E-state index contributed by atoms with van der Waals surface area (Å²) < 4.78 is 16.9. The Balaban J connectivity index is 2.60. The zero-order valence-electron chi connectivity index (χ0n) is 15.8. The van der Waals surface area contributed by atoms with Crippen molar-refractivity contribution in [1.82, 2.24) is 4.98 Å². The van der Waals surface area contributed by atoms with Crippen molar-refractivity contribution in [2.45, 2.75) is 20.8 Å². The van der Waals surface area contributed by atoms with Gasteiger partial charge in [0.1, 0.15) is 5.75 Å². The fourth-order valence-corrected chi connectivity index (χ4v) is 3.04. The van der Waals surface area contributed by atoms with Crippen LogP contribution in [-0.4, -0.2) is 32.1 Å². The number of aromatic nitrogens is 1. The van der Waals surface area contributed by atoms with Gasteiger partial charge in [0.25, 0.3) is 5.56 Å². The first-order valence-electron chi connectivity index (χ1n) is 7.96. The van der Waals surface area contributed by atoms with Crippen LogP contribution in [0.25, 0.3) is 12.2 Å². The zero-order chi connectivity index (χ0) is 19.5. The van der Waals surface area contributed by atoms with Gasteiger partial charge in [-0.25, -0.2) is 0 Å². The largest absolute Gasteiger partial charge is 0.496 e. The molecule has 0 spiro atoms. The van der Waals surface area contributed by atoms with Crippen molar-refractivity contribution in [2.75, 3.05) is 21.3 Å². The smallest absolute Gasteiger partial charge is 0.266 e. The molecule has 0 radical (unpaired) electrons. The van der Waals surface area contributed by atoms with Gasteiger partial charge >= 0.3 is 0 Å². The van der Waals surface area contributed by atoms with Gasteiger partial charge < -0.3 is 19.2 Å². The highest BCUT2D eigenvalue weighted by atomic mass is 32.1. The van der Waals surface area contributed by atoms with E-state index in [0.29, 0.717) is 32.0 Å². The summed E-state index contributed by atoms with van der Waals surface area (Å²) in [4.78, 5) is 27.1. The molecular weight excluding hydrogens is 354 g/mol. The van der Waals surface area contributed by atoms with Crippen LogP contribution < -0.4 is 29.0 Å². The van der Waals surface area contributed by atoms with E-state index < -0.39 is 5.41 Å². The minimum atomic E-state index is -0.503. The number of hydrogen-bond donors (Lipinski definition) is 1. The van der Waals surface area contributed by atoms with Crippen LogP contribution >= 0.6 is 11.3 Å². The Morgan fingerprint density at radius 2 is 1.62 bits per heavy atom. The number of carbonyl (C=O) groups is 1. The fourth-order valence-electron chi connectivity index (χ4n) is 2.17. The number of rotatable bonds is 5. The number of H-pyrrole nitrogens is 1. The van der Waals surface area contributed by atoms with E-state index in [1.807, 2.05) is 20.8 Å². The molecule has 26 heavy (non-hydrogen) atoms. The summed E-state index contributed by atoms with van der Waals surface area (Å²) in [7, 11) is 4.62. The van der Waals surface area contributed by atoms with Crippen molar-refractivity contribution in [2.24, 2.45) is 5.41 Å². The number of hydrogen-bond acceptors (Lipinski definition) is 6. The van der Waals surface area contributed by atoms with Gasteiger partial charge in [-0.15, -0.1) is 11.3 Å². The van der Waals surface area contributed by atoms with E-state index in [1.165, 1.54) is 24.5 Å². The number of aromatic amines is 1. The van der Waals surface area contributed by atoms with Crippen molar-refractivity contribution in [3.05, 3.63) is 37.2 Å². The number of ketones is 1. The van der Waals surface area contributed by atoms with E-state index >= 15 is 0 Å². The highest BCUT2D eigenvalue weighted by Gasteiger charge is 2.18. The van der Waals surface area contributed by atoms with Crippen molar-refractivity contribution in [3.8, 4) is 17.2 Å². The second-order valence-corrected chi connectivity index (χ2v) is 7.72. The van der Waals surface area contributed by atoms with Gasteiger partial charge in [0, 0.05) is 23.1 Å². The van der Waals surface area contributed by atoms with Crippen LogP contribution in [0.1, 0.15) is 26.3 Å². The van der Waals surface area contributed by atoms with Crippen molar-refractivity contribution in [3.63, 3.8) is 0 Å². The number of nitrogens with one attached hydrogen (secondary N) is 1. The highest BCUT2D eigenvalue weighted by Crippen LogP contribution is 2.34. The van der Waals surface area contributed by atoms with Crippen LogP contribution in [0.4, 0.5) is 0 Å². The molecule has 6 nitrogen and oxygen atoms in total. The van der Waals surface area contributed by atoms with E-state index in [4.69, 9.17) is 14.2 Å². The number of thiazole rings is 1. The normalized spacial score (nSPS) is 13.0. The van der Waals surface area contributed by atoms with Crippen molar-refractivity contribution in [1.29, 1.82) is 0 Å². The molecule has 2 rings (SSSR count). The van der Waals surface area contributed by atoms with Gasteiger partial charge in [0.15, 0.2) is 17.3 Å². The van der Waals surface area contributed by atoms with Crippen LogP contribution in [0.2, 0.25) is 0 Å². The lowest BCUT2D eigenvalue weighted by Crippen LogP contribution is -2.22. The summed E-state index contributed by atoms with van der Waals surface area (Å²) in [5.41, 5.74) is -0.0943. The Morgan fingerprint density at radius 3 is 2.15 bits per heavy atom. The number of Topliss-reactive ketones (excluding diaryl/α,β-unsaturated/α-hetero) is 1. The molecule has 0 aliphatic carbocycles.